The molecule has 6 rings (SSSR count). The lowest BCUT2D eigenvalue weighted by atomic mass is 10.1. The quantitative estimate of drug-likeness (QED) is 0.315. The van der Waals surface area contributed by atoms with Crippen molar-refractivity contribution in [2.75, 3.05) is 24.1 Å². The number of aromatic nitrogens is 5. The molecule has 1 fully saturated rings. The summed E-state index contributed by atoms with van der Waals surface area (Å²) in [6.45, 7) is 4.95. The van der Waals surface area contributed by atoms with Gasteiger partial charge in [-0.25, -0.2) is 19.4 Å². The number of nitrogens with two attached hydrogens (primary N) is 1. The highest BCUT2D eigenvalue weighted by Crippen LogP contribution is 2.35. The summed E-state index contributed by atoms with van der Waals surface area (Å²) in [5.41, 5.74) is 13.1. The minimum atomic E-state index is -0.896. The molecule has 5 aromatic rings. The van der Waals surface area contributed by atoms with Crippen molar-refractivity contribution < 1.29 is 14.3 Å². The maximum atomic E-state index is 11.3. The number of nitrogen functional groups attached to an aromatic ring is 1. The maximum absolute atomic E-state index is 11.3. The van der Waals surface area contributed by atoms with Crippen LogP contribution >= 0.6 is 0 Å². The number of anilines is 3. The summed E-state index contributed by atoms with van der Waals surface area (Å²) in [7, 11) is 0. The lowest BCUT2D eigenvalue weighted by Crippen LogP contribution is -2.38. The molecule has 0 unspecified atom stereocenters. The van der Waals surface area contributed by atoms with E-state index in [0.717, 1.165) is 33.5 Å². The van der Waals surface area contributed by atoms with Crippen LogP contribution in [0.25, 0.3) is 33.4 Å². The maximum Gasteiger partial charge on any atom is 0.407 e. The van der Waals surface area contributed by atoms with Gasteiger partial charge in [0.2, 0.25) is 0 Å². The second kappa shape index (κ2) is 8.77. The molecule has 11 nitrogen and oxygen atoms in total. The highest BCUT2D eigenvalue weighted by atomic mass is 16.4. The Morgan fingerprint density at radius 2 is 1.89 bits per heavy atom. The lowest BCUT2D eigenvalue weighted by Gasteiger charge is -2.30. The van der Waals surface area contributed by atoms with Crippen LogP contribution in [0, 0.1) is 13.8 Å². The van der Waals surface area contributed by atoms with Gasteiger partial charge in [-0.1, -0.05) is 18.2 Å². The third kappa shape index (κ3) is 4.07. The minimum absolute atomic E-state index is 0.0216. The van der Waals surface area contributed by atoms with Gasteiger partial charge in [-0.05, 0) is 56.0 Å². The molecule has 0 spiro atoms. The highest BCUT2D eigenvalue weighted by molar-refractivity contribution is 5.98. The average Bonchev–Trinajstić information content (AvgIpc) is 3.47. The molecular formula is C26H26N8O3. The molecule has 11 heteroatoms. The normalized spacial score (nSPS) is 14.5. The van der Waals surface area contributed by atoms with Crippen LogP contribution in [-0.4, -0.2) is 53.9 Å². The van der Waals surface area contributed by atoms with Crippen LogP contribution in [0.3, 0.4) is 0 Å². The van der Waals surface area contributed by atoms with Gasteiger partial charge in [-0.3, -0.25) is 0 Å². The second-order valence-corrected chi connectivity index (χ2v) is 9.40. The van der Waals surface area contributed by atoms with E-state index in [4.69, 9.17) is 15.2 Å². The van der Waals surface area contributed by atoms with E-state index in [1.807, 2.05) is 48.9 Å². The molecule has 0 atom stereocenters. The molecule has 188 valence electrons. The number of amides is 1. The standard InChI is InChI=1S/C26H26N8O3/c1-14-11-15(2)22-19(12-14)31-25(37-22)30-17-5-3-16(4-6-17)21-20-23(27)28-13-29-24(20)34(32-21)18-7-9-33(10-8-18)26(35)36/h3-6,11-13,18H,7-10H2,1-2H3,(H,30,31)(H,35,36)(H2,27,28,29). The summed E-state index contributed by atoms with van der Waals surface area (Å²) in [5.74, 6) is 0.355. The zero-order valence-electron chi connectivity index (χ0n) is 20.5. The molecule has 1 amide bonds. The first-order valence-electron chi connectivity index (χ1n) is 12.1. The Labute approximate surface area is 211 Å². The van der Waals surface area contributed by atoms with E-state index in [2.05, 4.69) is 26.3 Å². The molecule has 0 radical (unpaired) electrons. The smallest absolute Gasteiger partial charge is 0.407 e. The zero-order valence-corrected chi connectivity index (χ0v) is 20.5. The molecule has 1 saturated heterocycles. The molecule has 4 heterocycles. The van der Waals surface area contributed by atoms with Crippen LogP contribution in [0.5, 0.6) is 0 Å². The van der Waals surface area contributed by atoms with Gasteiger partial charge in [-0.15, -0.1) is 0 Å². The zero-order chi connectivity index (χ0) is 25.7. The van der Waals surface area contributed by atoms with Gasteiger partial charge in [0.25, 0.3) is 6.01 Å². The first-order valence-corrected chi connectivity index (χ1v) is 12.1. The van der Waals surface area contributed by atoms with Crippen LogP contribution < -0.4 is 11.1 Å². The van der Waals surface area contributed by atoms with E-state index in [0.29, 0.717) is 54.5 Å². The van der Waals surface area contributed by atoms with E-state index in [9.17, 15) is 9.90 Å². The highest BCUT2D eigenvalue weighted by Gasteiger charge is 2.27. The predicted molar refractivity (Wildman–Crippen MR) is 140 cm³/mol. The van der Waals surface area contributed by atoms with Crippen molar-refractivity contribution in [3.63, 3.8) is 0 Å². The molecule has 2 aromatic carbocycles. The summed E-state index contributed by atoms with van der Waals surface area (Å²) in [5, 5.41) is 18.1. The average molecular weight is 499 g/mol. The number of fused-ring (bicyclic) bond motifs is 2. The monoisotopic (exact) mass is 498 g/mol. The number of oxazole rings is 1. The Bertz CT molecular complexity index is 1630. The molecule has 4 N–H and O–H groups in total. The fourth-order valence-corrected chi connectivity index (χ4v) is 5.02. The number of nitrogens with one attached hydrogen (secondary N) is 1. The summed E-state index contributed by atoms with van der Waals surface area (Å²) in [4.78, 5) is 26.0. The Morgan fingerprint density at radius 1 is 1.14 bits per heavy atom. The number of hydrogen-bond acceptors (Lipinski definition) is 8. The first kappa shape index (κ1) is 22.8. The number of rotatable bonds is 4. The second-order valence-electron chi connectivity index (χ2n) is 9.40. The van der Waals surface area contributed by atoms with Crippen LogP contribution in [0.1, 0.15) is 30.0 Å². The number of carboxylic acid groups (broad SMARTS) is 1. The van der Waals surface area contributed by atoms with Crippen molar-refractivity contribution in [2.45, 2.75) is 32.7 Å². The van der Waals surface area contributed by atoms with E-state index in [-0.39, 0.29) is 6.04 Å². The van der Waals surface area contributed by atoms with Gasteiger partial charge in [-0.2, -0.15) is 10.1 Å². The number of hydrogen-bond donors (Lipinski definition) is 3. The van der Waals surface area contributed by atoms with Crippen LogP contribution in [0.2, 0.25) is 0 Å². The molecule has 0 aliphatic carbocycles. The SMILES string of the molecule is Cc1cc(C)c2oc(Nc3ccc(-c4nn(C5CCN(C(=O)O)CC5)c5ncnc(N)c45)cc3)nc2c1. The largest absolute Gasteiger partial charge is 0.465 e. The molecule has 0 saturated carbocycles. The molecule has 37 heavy (non-hydrogen) atoms. The van der Waals surface area contributed by atoms with Crippen LogP contribution in [-0.2, 0) is 0 Å². The number of benzene rings is 2. The summed E-state index contributed by atoms with van der Waals surface area (Å²) >= 11 is 0. The van der Waals surface area contributed by atoms with Crippen molar-refractivity contribution in [3.8, 4) is 11.3 Å². The number of aryl methyl sites for hydroxylation is 2. The summed E-state index contributed by atoms with van der Waals surface area (Å²) in [6.07, 6.45) is 1.84. The van der Waals surface area contributed by atoms with E-state index in [1.165, 1.54) is 11.2 Å². The van der Waals surface area contributed by atoms with Crippen LogP contribution in [0.4, 0.5) is 22.3 Å². The first-order chi connectivity index (χ1) is 17.9. The Kier molecular flexibility index (Phi) is 5.40. The van der Waals surface area contributed by atoms with Crippen molar-refractivity contribution in [1.29, 1.82) is 0 Å². The van der Waals surface area contributed by atoms with Crippen molar-refractivity contribution in [3.05, 3.63) is 53.9 Å². The Balaban J connectivity index is 1.30. The number of likely N-dealkylation sites (tertiary alicyclic amines) is 1. The van der Waals surface area contributed by atoms with E-state index >= 15 is 0 Å². The Hall–Kier alpha value is -4.67. The summed E-state index contributed by atoms with van der Waals surface area (Å²) in [6, 6.07) is 12.3. The molecular weight excluding hydrogens is 472 g/mol. The van der Waals surface area contributed by atoms with Gasteiger partial charge in [0, 0.05) is 24.3 Å². The third-order valence-corrected chi connectivity index (χ3v) is 6.83. The summed E-state index contributed by atoms with van der Waals surface area (Å²) < 4.78 is 7.80. The van der Waals surface area contributed by atoms with E-state index in [1.54, 1.807) is 0 Å². The fraction of sp³-hybridized carbons (Fsp3) is 0.269. The lowest BCUT2D eigenvalue weighted by molar-refractivity contribution is 0.124. The van der Waals surface area contributed by atoms with Gasteiger partial charge in [0.05, 0.1) is 11.4 Å². The van der Waals surface area contributed by atoms with Gasteiger partial charge < -0.3 is 25.5 Å². The molecule has 0 bridgehead atoms. The van der Waals surface area contributed by atoms with Gasteiger partial charge in [0.15, 0.2) is 11.2 Å². The van der Waals surface area contributed by atoms with E-state index < -0.39 is 6.09 Å². The van der Waals surface area contributed by atoms with Gasteiger partial charge >= 0.3 is 6.09 Å². The Morgan fingerprint density at radius 3 is 2.62 bits per heavy atom. The number of nitrogens with zero attached hydrogens (tertiary/aromatic N) is 6. The number of carbonyl (C=O) groups is 1. The molecule has 3 aromatic heterocycles. The van der Waals surface area contributed by atoms with Crippen molar-refractivity contribution in [2.24, 2.45) is 0 Å². The minimum Gasteiger partial charge on any atom is -0.465 e. The predicted octanol–water partition coefficient (Wildman–Crippen LogP) is 4.89. The van der Waals surface area contributed by atoms with Crippen molar-refractivity contribution >= 4 is 45.7 Å². The van der Waals surface area contributed by atoms with Crippen LogP contribution in [0.15, 0.2) is 47.1 Å². The fourth-order valence-electron chi connectivity index (χ4n) is 5.02. The number of piperidine rings is 1. The molecule has 1 aliphatic rings. The molecule has 1 aliphatic heterocycles. The van der Waals surface area contributed by atoms with Crippen molar-refractivity contribution in [1.82, 2.24) is 29.6 Å². The van der Waals surface area contributed by atoms with Gasteiger partial charge in [0.1, 0.15) is 23.4 Å². The topological polar surface area (TPSA) is 148 Å². The third-order valence-electron chi connectivity index (χ3n) is 6.83.